The van der Waals surface area contributed by atoms with Crippen molar-refractivity contribution in [1.82, 2.24) is 5.32 Å². The van der Waals surface area contributed by atoms with Gasteiger partial charge in [-0.3, -0.25) is 4.79 Å². The van der Waals surface area contributed by atoms with Crippen LogP contribution in [0.3, 0.4) is 0 Å². The molecule has 1 aliphatic rings. The van der Waals surface area contributed by atoms with Gasteiger partial charge in [0, 0.05) is 6.04 Å². The quantitative estimate of drug-likeness (QED) is 0.817. The molecule has 0 aliphatic heterocycles. The molecule has 4 heteroatoms. The summed E-state index contributed by atoms with van der Waals surface area (Å²) in [4.78, 5) is 11.4. The Balaban J connectivity index is 1.75. The van der Waals surface area contributed by atoms with Crippen LogP contribution in [0, 0.1) is 0 Å². The molecule has 2 rings (SSSR count). The molecule has 0 radical (unpaired) electrons. The van der Waals surface area contributed by atoms with Gasteiger partial charge in [-0.2, -0.15) is 0 Å². The number of ether oxygens (including phenoxy) is 2. The highest BCUT2D eigenvalue weighted by atomic mass is 16.5. The highest BCUT2D eigenvalue weighted by Crippen LogP contribution is 2.19. The number of nitrogens with one attached hydrogen (secondary N) is 1. The van der Waals surface area contributed by atoms with Gasteiger partial charge in [-0.05, 0) is 44.0 Å². The third-order valence-electron chi connectivity index (χ3n) is 2.45. The van der Waals surface area contributed by atoms with Gasteiger partial charge in [0.15, 0.2) is 6.61 Å². The van der Waals surface area contributed by atoms with Crippen molar-refractivity contribution in [3.05, 3.63) is 24.3 Å². The first-order valence-electron chi connectivity index (χ1n) is 5.93. The van der Waals surface area contributed by atoms with E-state index in [0.717, 1.165) is 18.6 Å². The van der Waals surface area contributed by atoms with Crippen molar-refractivity contribution in [3.8, 4) is 11.5 Å². The number of amides is 1. The molecule has 0 atom stereocenters. The molecule has 1 aliphatic carbocycles. The van der Waals surface area contributed by atoms with Gasteiger partial charge in [0.2, 0.25) is 0 Å². The van der Waals surface area contributed by atoms with Crippen LogP contribution >= 0.6 is 0 Å². The van der Waals surface area contributed by atoms with Gasteiger partial charge in [-0.1, -0.05) is 0 Å². The van der Waals surface area contributed by atoms with E-state index in [9.17, 15) is 4.79 Å². The Morgan fingerprint density at radius 3 is 2.35 bits per heavy atom. The summed E-state index contributed by atoms with van der Waals surface area (Å²) in [6.07, 6.45) is 2.18. The summed E-state index contributed by atoms with van der Waals surface area (Å²) in [7, 11) is 0. The fourth-order valence-corrected chi connectivity index (χ4v) is 1.44. The van der Waals surface area contributed by atoms with Crippen LogP contribution in [0.1, 0.15) is 19.8 Å². The Morgan fingerprint density at radius 2 is 1.82 bits per heavy atom. The number of rotatable bonds is 6. The van der Waals surface area contributed by atoms with E-state index in [0.29, 0.717) is 18.4 Å². The molecule has 1 N–H and O–H groups in total. The van der Waals surface area contributed by atoms with Crippen LogP contribution in [-0.2, 0) is 4.79 Å². The molecule has 0 saturated heterocycles. The molecule has 1 fully saturated rings. The maximum atomic E-state index is 11.4. The Bertz CT molecular complexity index is 371. The standard InChI is InChI=1S/C13H17NO3/c1-2-16-11-5-7-12(8-6-11)17-9-13(15)14-10-3-4-10/h5-8,10H,2-4,9H2,1H3,(H,14,15). The summed E-state index contributed by atoms with van der Waals surface area (Å²) in [6.45, 7) is 2.65. The van der Waals surface area contributed by atoms with E-state index in [-0.39, 0.29) is 12.5 Å². The summed E-state index contributed by atoms with van der Waals surface area (Å²) in [5, 5.41) is 2.87. The molecule has 1 aromatic rings. The Morgan fingerprint density at radius 1 is 1.24 bits per heavy atom. The van der Waals surface area contributed by atoms with Crippen molar-refractivity contribution in [3.63, 3.8) is 0 Å². The summed E-state index contributed by atoms with van der Waals surface area (Å²) < 4.78 is 10.7. The van der Waals surface area contributed by atoms with Crippen molar-refractivity contribution < 1.29 is 14.3 Å². The lowest BCUT2D eigenvalue weighted by molar-refractivity contribution is -0.123. The summed E-state index contributed by atoms with van der Waals surface area (Å²) >= 11 is 0. The minimum Gasteiger partial charge on any atom is -0.494 e. The van der Waals surface area contributed by atoms with Crippen LogP contribution in [0.15, 0.2) is 24.3 Å². The highest BCUT2D eigenvalue weighted by molar-refractivity contribution is 5.78. The van der Waals surface area contributed by atoms with Gasteiger partial charge in [-0.25, -0.2) is 0 Å². The third kappa shape index (κ3) is 3.98. The molecule has 17 heavy (non-hydrogen) atoms. The van der Waals surface area contributed by atoms with Crippen molar-refractivity contribution in [2.75, 3.05) is 13.2 Å². The predicted octanol–water partition coefficient (Wildman–Crippen LogP) is 1.74. The Hall–Kier alpha value is -1.71. The molecule has 0 aromatic heterocycles. The van der Waals surface area contributed by atoms with E-state index in [4.69, 9.17) is 9.47 Å². The monoisotopic (exact) mass is 235 g/mol. The Kier molecular flexibility index (Phi) is 3.85. The van der Waals surface area contributed by atoms with Crippen molar-refractivity contribution in [2.45, 2.75) is 25.8 Å². The molecular weight excluding hydrogens is 218 g/mol. The smallest absolute Gasteiger partial charge is 0.258 e. The fraction of sp³-hybridized carbons (Fsp3) is 0.462. The maximum Gasteiger partial charge on any atom is 0.258 e. The Labute approximate surface area is 101 Å². The van der Waals surface area contributed by atoms with Crippen LogP contribution in [0.5, 0.6) is 11.5 Å². The van der Waals surface area contributed by atoms with Gasteiger partial charge >= 0.3 is 0 Å². The van der Waals surface area contributed by atoms with Crippen molar-refractivity contribution in [2.24, 2.45) is 0 Å². The number of hydrogen-bond acceptors (Lipinski definition) is 3. The first kappa shape index (κ1) is 11.8. The SMILES string of the molecule is CCOc1ccc(OCC(=O)NC2CC2)cc1. The molecule has 1 saturated carbocycles. The molecule has 0 spiro atoms. The van der Waals surface area contributed by atoms with E-state index < -0.39 is 0 Å². The van der Waals surface area contributed by atoms with E-state index >= 15 is 0 Å². The molecule has 0 bridgehead atoms. The number of carbonyl (C=O) groups excluding carboxylic acids is 1. The normalized spacial score (nSPS) is 14.2. The second-order valence-electron chi connectivity index (χ2n) is 4.03. The van der Waals surface area contributed by atoms with Gasteiger partial charge in [-0.15, -0.1) is 0 Å². The van der Waals surface area contributed by atoms with Gasteiger partial charge < -0.3 is 14.8 Å². The van der Waals surface area contributed by atoms with Gasteiger partial charge in [0.25, 0.3) is 5.91 Å². The fourth-order valence-electron chi connectivity index (χ4n) is 1.44. The zero-order valence-corrected chi connectivity index (χ0v) is 9.94. The van der Waals surface area contributed by atoms with Crippen LogP contribution in [0.2, 0.25) is 0 Å². The number of hydrogen-bond donors (Lipinski definition) is 1. The van der Waals surface area contributed by atoms with Gasteiger partial charge in [0.05, 0.1) is 6.61 Å². The van der Waals surface area contributed by atoms with Crippen molar-refractivity contribution in [1.29, 1.82) is 0 Å². The molecule has 0 unspecified atom stereocenters. The second-order valence-corrected chi connectivity index (χ2v) is 4.03. The lowest BCUT2D eigenvalue weighted by Crippen LogP contribution is -2.30. The average molecular weight is 235 g/mol. The first-order valence-corrected chi connectivity index (χ1v) is 5.93. The number of carbonyl (C=O) groups is 1. The van der Waals surface area contributed by atoms with E-state index in [1.54, 1.807) is 12.1 Å². The maximum absolute atomic E-state index is 11.4. The first-order chi connectivity index (χ1) is 8.28. The minimum atomic E-state index is -0.0543. The molecule has 92 valence electrons. The summed E-state index contributed by atoms with van der Waals surface area (Å²) in [5.41, 5.74) is 0. The molecule has 1 aromatic carbocycles. The van der Waals surface area contributed by atoms with E-state index in [2.05, 4.69) is 5.32 Å². The zero-order chi connectivity index (χ0) is 12.1. The molecule has 0 heterocycles. The minimum absolute atomic E-state index is 0.0543. The van der Waals surface area contributed by atoms with E-state index in [1.165, 1.54) is 0 Å². The third-order valence-corrected chi connectivity index (χ3v) is 2.45. The predicted molar refractivity (Wildman–Crippen MR) is 64.3 cm³/mol. The largest absolute Gasteiger partial charge is 0.494 e. The lowest BCUT2D eigenvalue weighted by atomic mass is 10.3. The topological polar surface area (TPSA) is 47.6 Å². The van der Waals surface area contributed by atoms with Gasteiger partial charge in [0.1, 0.15) is 11.5 Å². The van der Waals surface area contributed by atoms with E-state index in [1.807, 2.05) is 19.1 Å². The molecular formula is C13H17NO3. The van der Waals surface area contributed by atoms with Crippen LogP contribution in [-0.4, -0.2) is 25.2 Å². The van der Waals surface area contributed by atoms with Crippen molar-refractivity contribution >= 4 is 5.91 Å². The lowest BCUT2D eigenvalue weighted by Gasteiger charge is -2.07. The zero-order valence-electron chi connectivity index (χ0n) is 9.94. The summed E-state index contributed by atoms with van der Waals surface area (Å²) in [5.74, 6) is 1.43. The highest BCUT2D eigenvalue weighted by Gasteiger charge is 2.23. The molecule has 4 nitrogen and oxygen atoms in total. The summed E-state index contributed by atoms with van der Waals surface area (Å²) in [6, 6.07) is 7.64. The van der Waals surface area contributed by atoms with Crippen LogP contribution in [0.4, 0.5) is 0 Å². The van der Waals surface area contributed by atoms with Crippen LogP contribution in [0.25, 0.3) is 0 Å². The average Bonchev–Trinajstić information content (AvgIpc) is 3.12. The second kappa shape index (κ2) is 5.57. The molecule has 1 amide bonds. The van der Waals surface area contributed by atoms with Crippen LogP contribution < -0.4 is 14.8 Å². The number of benzene rings is 1.